The molecular weight excluding hydrogens is 550 g/mol. The number of rotatable bonds is 5. The number of nitrogens with one attached hydrogen (secondary N) is 1. The maximum Gasteiger partial charge on any atom is 0.416 e. The van der Waals surface area contributed by atoms with Gasteiger partial charge in [-0.15, -0.1) is 0 Å². The lowest BCUT2D eigenvalue weighted by Crippen LogP contribution is -2.44. The van der Waals surface area contributed by atoms with Gasteiger partial charge in [-0.05, 0) is 67.1 Å². The molecule has 224 valence electrons. The van der Waals surface area contributed by atoms with Crippen LogP contribution in [0.1, 0.15) is 80.7 Å². The second kappa shape index (κ2) is 11.0. The molecule has 1 aromatic heterocycles. The van der Waals surface area contributed by atoms with Crippen molar-refractivity contribution in [2.45, 2.75) is 83.2 Å². The van der Waals surface area contributed by atoms with Gasteiger partial charge < -0.3 is 4.74 Å². The predicted octanol–water partition coefficient (Wildman–Crippen LogP) is 6.39. The van der Waals surface area contributed by atoms with Gasteiger partial charge in [0.1, 0.15) is 17.0 Å². The van der Waals surface area contributed by atoms with E-state index < -0.39 is 40.6 Å². The largest absolute Gasteiger partial charge is 0.416 e. The van der Waals surface area contributed by atoms with Crippen LogP contribution in [0.4, 0.5) is 17.6 Å². The van der Waals surface area contributed by atoms with Crippen molar-refractivity contribution in [1.82, 2.24) is 15.2 Å². The lowest BCUT2D eigenvalue weighted by Gasteiger charge is -2.33. The van der Waals surface area contributed by atoms with Crippen LogP contribution in [0.3, 0.4) is 0 Å². The molecule has 1 N–H and O–H groups in total. The topological polar surface area (TPSA) is 74.8 Å². The molecule has 3 aliphatic rings. The Morgan fingerprint density at radius 2 is 1.88 bits per heavy atom. The average Bonchev–Trinajstić information content (AvgIpc) is 3.59. The summed E-state index contributed by atoms with van der Waals surface area (Å²) >= 11 is 0. The zero-order chi connectivity index (χ0) is 30.4. The fourth-order valence-corrected chi connectivity index (χ4v) is 6.49. The second-order valence-electron chi connectivity index (χ2n) is 11.2. The van der Waals surface area contributed by atoms with Gasteiger partial charge in [0.25, 0.3) is 0 Å². The van der Waals surface area contributed by atoms with Crippen LogP contribution in [0.25, 0.3) is 10.9 Å². The number of nitrogens with zero attached hydrogens (tertiary/aromatic N) is 2. The number of fused-ring (bicyclic) bond motifs is 2. The van der Waals surface area contributed by atoms with Gasteiger partial charge in [0.05, 0.1) is 17.0 Å². The molecule has 4 heterocycles. The van der Waals surface area contributed by atoms with E-state index in [1.54, 1.807) is 30.5 Å². The Kier molecular flexibility index (Phi) is 7.91. The van der Waals surface area contributed by atoms with Gasteiger partial charge in [0.15, 0.2) is 0 Å². The molecule has 6 nitrogen and oxygen atoms in total. The number of amides is 2. The second-order valence-corrected chi connectivity index (χ2v) is 11.2. The summed E-state index contributed by atoms with van der Waals surface area (Å²) in [4.78, 5) is 30.5. The quantitative estimate of drug-likeness (QED) is 0.213. The summed E-state index contributed by atoms with van der Waals surface area (Å²) in [5, 5.41) is 2.63. The molecule has 0 radical (unpaired) electrons. The molecule has 3 fully saturated rings. The first-order chi connectivity index (χ1) is 19.9. The van der Waals surface area contributed by atoms with E-state index in [-0.39, 0.29) is 12.3 Å². The van der Waals surface area contributed by atoms with Crippen molar-refractivity contribution in [3.63, 3.8) is 0 Å². The molecule has 0 aliphatic carbocycles. The van der Waals surface area contributed by atoms with E-state index in [1.165, 1.54) is 6.07 Å². The first-order valence-electron chi connectivity index (χ1n) is 14.5. The highest BCUT2D eigenvalue weighted by Crippen LogP contribution is 2.61. The van der Waals surface area contributed by atoms with Crippen LogP contribution in [0.15, 0.2) is 42.6 Å². The van der Waals surface area contributed by atoms with Crippen LogP contribution in [0, 0.1) is 5.82 Å². The first-order valence-corrected chi connectivity index (χ1v) is 14.5. The van der Waals surface area contributed by atoms with Crippen molar-refractivity contribution in [2.75, 3.05) is 13.1 Å². The van der Waals surface area contributed by atoms with Gasteiger partial charge in [0, 0.05) is 43.2 Å². The lowest BCUT2D eigenvalue weighted by atomic mass is 9.80. The molecule has 6 rings (SSSR count). The summed E-state index contributed by atoms with van der Waals surface area (Å²) in [6.45, 7) is 9.35. The number of likely N-dealkylation sites (tertiary alicyclic amines) is 1. The van der Waals surface area contributed by atoms with Crippen molar-refractivity contribution >= 4 is 22.7 Å². The Balaban J connectivity index is 0.00000173. The lowest BCUT2D eigenvalue weighted by molar-refractivity contribution is -0.138. The van der Waals surface area contributed by atoms with Gasteiger partial charge in [-0.2, -0.15) is 13.2 Å². The van der Waals surface area contributed by atoms with E-state index in [1.807, 2.05) is 27.7 Å². The highest BCUT2D eigenvalue weighted by Gasteiger charge is 2.70. The Morgan fingerprint density at radius 1 is 1.12 bits per heavy atom. The maximum atomic E-state index is 16.1. The summed E-state index contributed by atoms with van der Waals surface area (Å²) in [5.41, 5.74) is 0.835. The van der Waals surface area contributed by atoms with Crippen LogP contribution in [0.5, 0.6) is 0 Å². The molecule has 2 amide bonds. The Morgan fingerprint density at radius 3 is 2.55 bits per heavy atom. The van der Waals surface area contributed by atoms with Crippen LogP contribution in [-0.2, 0) is 39.1 Å². The van der Waals surface area contributed by atoms with Crippen molar-refractivity contribution in [3.8, 4) is 0 Å². The summed E-state index contributed by atoms with van der Waals surface area (Å²) in [6.07, 6.45) is -1.25. The number of alkyl halides is 3. The van der Waals surface area contributed by atoms with E-state index in [4.69, 9.17) is 4.74 Å². The predicted molar refractivity (Wildman–Crippen MR) is 150 cm³/mol. The number of aryl methyl sites for hydroxylation is 1. The van der Waals surface area contributed by atoms with Crippen molar-refractivity contribution in [1.29, 1.82) is 0 Å². The molecular formula is C32H35F4N3O3. The fraction of sp³-hybridized carbons (Fsp3) is 0.469. The first kappa shape index (κ1) is 30.1. The Hall–Kier alpha value is -3.37. The number of epoxide rings is 1. The number of carbonyl (C=O) groups excluding carboxylic acids is 2. The van der Waals surface area contributed by atoms with Gasteiger partial charge in [-0.3, -0.25) is 24.8 Å². The Labute approximate surface area is 242 Å². The summed E-state index contributed by atoms with van der Waals surface area (Å²) < 4.78 is 62.0. The number of hydrogen-bond acceptors (Lipinski definition) is 5. The van der Waals surface area contributed by atoms with E-state index in [9.17, 15) is 22.8 Å². The number of halogens is 4. The minimum absolute atomic E-state index is 0.217. The molecule has 0 saturated carbocycles. The van der Waals surface area contributed by atoms with E-state index in [2.05, 4.69) is 15.2 Å². The van der Waals surface area contributed by atoms with Gasteiger partial charge in [0.2, 0.25) is 11.8 Å². The molecule has 42 heavy (non-hydrogen) atoms. The third-order valence-electron chi connectivity index (χ3n) is 8.72. The van der Waals surface area contributed by atoms with Gasteiger partial charge in [-0.25, -0.2) is 4.39 Å². The molecule has 0 bridgehead atoms. The Bertz CT molecular complexity index is 1540. The van der Waals surface area contributed by atoms with Crippen molar-refractivity contribution in [3.05, 3.63) is 76.2 Å². The minimum Gasteiger partial charge on any atom is -0.356 e. The van der Waals surface area contributed by atoms with Gasteiger partial charge in [-0.1, -0.05) is 32.9 Å². The van der Waals surface area contributed by atoms with Crippen molar-refractivity contribution in [2.24, 2.45) is 0 Å². The number of benzene rings is 2. The van der Waals surface area contributed by atoms with Crippen LogP contribution < -0.4 is 5.32 Å². The fourth-order valence-electron chi connectivity index (χ4n) is 6.49. The number of imide groups is 1. The molecule has 3 aliphatic heterocycles. The summed E-state index contributed by atoms with van der Waals surface area (Å²) in [5.74, 6) is -1.73. The standard InChI is InChI=1S/C30H29F4N3O3.C2H6/c1-3-17-12-20(30(32,33)34)5-4-18(17)15-37-11-10-29(28(2,16-37)40-29)23-7-8-24-22(26(23)31)13-19(14-35-24)21-6-9-25(38)36-27(21)39;1-2/h4-5,7-8,12-14,21H,3,6,9-11,15-16H2,1-2H3,(H,36,38,39);1-2H3. The van der Waals surface area contributed by atoms with Crippen LogP contribution >= 0.6 is 0 Å². The maximum absolute atomic E-state index is 16.1. The van der Waals surface area contributed by atoms with Crippen LogP contribution in [-0.4, -0.2) is 40.4 Å². The van der Waals surface area contributed by atoms with E-state index in [0.717, 1.165) is 11.6 Å². The SMILES string of the molecule is CC.CCc1cc(C(F)(F)F)ccc1CN1CCC2(c3ccc4ncc(C5CCC(=O)NC5=O)cc4c3F)OC2(C)C1. The number of piperidine rings is 2. The molecule has 10 heteroatoms. The molecule has 3 unspecified atom stereocenters. The number of pyridine rings is 1. The smallest absolute Gasteiger partial charge is 0.356 e. The van der Waals surface area contributed by atoms with Crippen LogP contribution in [0.2, 0.25) is 0 Å². The normalized spacial score (nSPS) is 25.9. The zero-order valence-electron chi connectivity index (χ0n) is 24.2. The molecule has 3 saturated heterocycles. The van der Waals surface area contributed by atoms with Crippen molar-refractivity contribution < 1.29 is 31.9 Å². The van der Waals surface area contributed by atoms with E-state index >= 15 is 4.39 Å². The number of hydrogen-bond donors (Lipinski definition) is 1. The third-order valence-corrected chi connectivity index (χ3v) is 8.72. The number of ether oxygens (including phenoxy) is 1. The van der Waals surface area contributed by atoms with Gasteiger partial charge >= 0.3 is 6.18 Å². The zero-order valence-corrected chi connectivity index (χ0v) is 24.2. The highest BCUT2D eigenvalue weighted by atomic mass is 19.4. The summed E-state index contributed by atoms with van der Waals surface area (Å²) in [6, 6.07) is 9.00. The molecule has 3 aromatic rings. The molecule has 3 atom stereocenters. The third kappa shape index (κ3) is 5.19. The monoisotopic (exact) mass is 585 g/mol. The average molecular weight is 586 g/mol. The molecule has 0 spiro atoms. The number of carbonyl (C=O) groups is 2. The van der Waals surface area contributed by atoms with E-state index in [0.29, 0.717) is 66.5 Å². The minimum atomic E-state index is -4.38. The number of aromatic nitrogens is 1. The highest BCUT2D eigenvalue weighted by molar-refractivity contribution is 6.01. The molecule has 2 aromatic carbocycles. The summed E-state index contributed by atoms with van der Waals surface area (Å²) in [7, 11) is 0.